The van der Waals surface area contributed by atoms with Gasteiger partial charge in [0.1, 0.15) is 11.6 Å². The van der Waals surface area contributed by atoms with E-state index in [2.05, 4.69) is 4.98 Å². The van der Waals surface area contributed by atoms with E-state index in [9.17, 15) is 9.59 Å². The van der Waals surface area contributed by atoms with Crippen molar-refractivity contribution in [3.8, 4) is 0 Å². The number of hydrogen-bond donors (Lipinski definition) is 1. The van der Waals surface area contributed by atoms with Crippen LogP contribution in [0.5, 0.6) is 0 Å². The third-order valence-electron chi connectivity index (χ3n) is 3.25. The highest BCUT2D eigenvalue weighted by atomic mass is 16.5. The minimum Gasteiger partial charge on any atom is -0.481 e. The number of carboxylic acids is 1. The fourth-order valence-electron chi connectivity index (χ4n) is 2.25. The lowest BCUT2D eigenvalue weighted by Gasteiger charge is -2.28. The van der Waals surface area contributed by atoms with E-state index in [1.807, 2.05) is 6.92 Å². The standard InChI is InChI=1S/C13H16N2O4/c1-2-15(11-8-19-7-9(11)13(17)18)12(16)10-5-3-4-6-14-10/h3-6,9,11H,2,7-8H2,1H3,(H,17,18). The maximum absolute atomic E-state index is 12.3. The third-order valence-corrected chi connectivity index (χ3v) is 3.25. The number of aliphatic carboxylic acids is 1. The van der Waals surface area contributed by atoms with Gasteiger partial charge in [-0.3, -0.25) is 14.6 Å². The summed E-state index contributed by atoms with van der Waals surface area (Å²) in [7, 11) is 0. The van der Waals surface area contributed by atoms with Gasteiger partial charge in [0.05, 0.1) is 19.3 Å². The van der Waals surface area contributed by atoms with Crippen LogP contribution in [0.25, 0.3) is 0 Å². The zero-order chi connectivity index (χ0) is 13.8. The Hall–Kier alpha value is -1.95. The maximum atomic E-state index is 12.3. The predicted molar refractivity (Wildman–Crippen MR) is 66.7 cm³/mol. The van der Waals surface area contributed by atoms with Crippen molar-refractivity contribution in [2.24, 2.45) is 5.92 Å². The summed E-state index contributed by atoms with van der Waals surface area (Å²) in [4.78, 5) is 29.0. The van der Waals surface area contributed by atoms with E-state index in [1.54, 1.807) is 24.4 Å². The number of carbonyl (C=O) groups is 2. The summed E-state index contributed by atoms with van der Waals surface area (Å²) in [6.07, 6.45) is 1.54. The molecule has 19 heavy (non-hydrogen) atoms. The first-order valence-corrected chi connectivity index (χ1v) is 6.17. The third kappa shape index (κ3) is 2.73. The van der Waals surface area contributed by atoms with Crippen LogP contribution in [-0.4, -0.2) is 52.7 Å². The van der Waals surface area contributed by atoms with Gasteiger partial charge in [0.25, 0.3) is 5.91 Å². The molecule has 6 nitrogen and oxygen atoms in total. The van der Waals surface area contributed by atoms with Gasteiger partial charge in [-0.2, -0.15) is 0 Å². The number of rotatable bonds is 4. The molecule has 2 atom stereocenters. The highest BCUT2D eigenvalue weighted by Crippen LogP contribution is 2.21. The lowest BCUT2D eigenvalue weighted by atomic mass is 10.0. The molecule has 0 saturated carbocycles. The minimum absolute atomic E-state index is 0.145. The molecule has 0 radical (unpaired) electrons. The largest absolute Gasteiger partial charge is 0.481 e. The molecule has 0 spiro atoms. The topological polar surface area (TPSA) is 79.7 Å². The normalized spacial score (nSPS) is 22.2. The van der Waals surface area contributed by atoms with E-state index < -0.39 is 17.9 Å². The predicted octanol–water partition coefficient (Wildman–Crippen LogP) is 0.643. The molecule has 1 aromatic heterocycles. The molecule has 2 heterocycles. The zero-order valence-corrected chi connectivity index (χ0v) is 10.7. The van der Waals surface area contributed by atoms with Crippen LogP contribution in [0, 0.1) is 5.92 Å². The van der Waals surface area contributed by atoms with Crippen molar-refractivity contribution in [3.63, 3.8) is 0 Å². The van der Waals surface area contributed by atoms with Crippen LogP contribution in [-0.2, 0) is 9.53 Å². The van der Waals surface area contributed by atoms with Gasteiger partial charge in [-0.1, -0.05) is 6.07 Å². The van der Waals surface area contributed by atoms with Gasteiger partial charge in [0.15, 0.2) is 0 Å². The van der Waals surface area contributed by atoms with Gasteiger partial charge in [-0.05, 0) is 19.1 Å². The molecule has 2 unspecified atom stereocenters. The second kappa shape index (κ2) is 5.79. The number of nitrogens with zero attached hydrogens (tertiary/aromatic N) is 2. The average Bonchev–Trinajstić information content (AvgIpc) is 2.90. The number of hydrogen-bond acceptors (Lipinski definition) is 4. The molecule has 1 amide bonds. The number of aromatic nitrogens is 1. The summed E-state index contributed by atoms with van der Waals surface area (Å²) in [6.45, 7) is 2.64. The van der Waals surface area contributed by atoms with Crippen molar-refractivity contribution < 1.29 is 19.4 Å². The molecule has 0 aromatic carbocycles. The summed E-state index contributed by atoms with van der Waals surface area (Å²) in [6, 6.07) is 4.65. The second-order valence-corrected chi connectivity index (χ2v) is 4.36. The summed E-state index contributed by atoms with van der Waals surface area (Å²) in [5.41, 5.74) is 0.320. The lowest BCUT2D eigenvalue weighted by Crippen LogP contribution is -2.46. The first-order chi connectivity index (χ1) is 9.15. The van der Waals surface area contributed by atoms with Crippen molar-refractivity contribution in [1.82, 2.24) is 9.88 Å². The van der Waals surface area contributed by atoms with Crippen molar-refractivity contribution in [2.45, 2.75) is 13.0 Å². The van der Waals surface area contributed by atoms with Gasteiger partial charge >= 0.3 is 5.97 Å². The van der Waals surface area contributed by atoms with Crippen LogP contribution < -0.4 is 0 Å². The quantitative estimate of drug-likeness (QED) is 0.863. The second-order valence-electron chi connectivity index (χ2n) is 4.36. The molecule has 0 aliphatic carbocycles. The highest BCUT2D eigenvalue weighted by molar-refractivity contribution is 5.92. The maximum Gasteiger partial charge on any atom is 0.311 e. The summed E-state index contributed by atoms with van der Waals surface area (Å²) < 4.78 is 5.20. The SMILES string of the molecule is CCN(C(=O)c1ccccn1)C1COCC1C(=O)O. The van der Waals surface area contributed by atoms with E-state index in [0.29, 0.717) is 12.2 Å². The van der Waals surface area contributed by atoms with Crippen LogP contribution in [0.2, 0.25) is 0 Å². The number of carboxylic acid groups (broad SMARTS) is 1. The fraction of sp³-hybridized carbons (Fsp3) is 0.462. The van der Waals surface area contributed by atoms with Crippen LogP contribution in [0.3, 0.4) is 0 Å². The molecular weight excluding hydrogens is 248 g/mol. The molecular formula is C13H16N2O4. The fourth-order valence-corrected chi connectivity index (χ4v) is 2.25. The van der Waals surface area contributed by atoms with E-state index >= 15 is 0 Å². The van der Waals surface area contributed by atoms with Gasteiger partial charge in [-0.15, -0.1) is 0 Å². The van der Waals surface area contributed by atoms with Crippen molar-refractivity contribution in [3.05, 3.63) is 30.1 Å². The first-order valence-electron chi connectivity index (χ1n) is 6.17. The molecule has 6 heteroatoms. The molecule has 102 valence electrons. The van der Waals surface area contributed by atoms with Crippen LogP contribution in [0.4, 0.5) is 0 Å². The Morgan fingerprint density at radius 1 is 1.47 bits per heavy atom. The first kappa shape index (κ1) is 13.5. The molecule has 1 saturated heterocycles. The van der Waals surface area contributed by atoms with E-state index in [1.165, 1.54) is 4.90 Å². The zero-order valence-electron chi connectivity index (χ0n) is 10.7. The molecule has 1 aliphatic rings. The molecule has 2 rings (SSSR count). The summed E-state index contributed by atoms with van der Waals surface area (Å²) >= 11 is 0. The van der Waals surface area contributed by atoms with Crippen LogP contribution >= 0.6 is 0 Å². The number of carbonyl (C=O) groups excluding carboxylic acids is 1. The Labute approximate surface area is 111 Å². The lowest BCUT2D eigenvalue weighted by molar-refractivity contribution is -0.142. The van der Waals surface area contributed by atoms with Gasteiger partial charge in [-0.25, -0.2) is 0 Å². The monoisotopic (exact) mass is 264 g/mol. The Kier molecular flexibility index (Phi) is 4.11. The van der Waals surface area contributed by atoms with Crippen molar-refractivity contribution >= 4 is 11.9 Å². The van der Waals surface area contributed by atoms with E-state index in [0.717, 1.165) is 0 Å². The Morgan fingerprint density at radius 3 is 2.84 bits per heavy atom. The van der Waals surface area contributed by atoms with Gasteiger partial charge < -0.3 is 14.7 Å². The summed E-state index contributed by atoms with van der Waals surface area (Å²) in [5.74, 6) is -1.87. The number of ether oxygens (including phenoxy) is 1. The van der Waals surface area contributed by atoms with E-state index in [4.69, 9.17) is 9.84 Å². The van der Waals surface area contributed by atoms with E-state index in [-0.39, 0.29) is 19.1 Å². The summed E-state index contributed by atoms with van der Waals surface area (Å²) in [5, 5.41) is 9.15. The smallest absolute Gasteiger partial charge is 0.311 e. The van der Waals surface area contributed by atoms with Crippen LogP contribution in [0.15, 0.2) is 24.4 Å². The molecule has 0 bridgehead atoms. The highest BCUT2D eigenvalue weighted by Gasteiger charge is 2.39. The average molecular weight is 264 g/mol. The number of amides is 1. The molecule has 1 aromatic rings. The Balaban J connectivity index is 2.20. The van der Waals surface area contributed by atoms with Gasteiger partial charge in [0, 0.05) is 12.7 Å². The minimum atomic E-state index is -0.935. The van der Waals surface area contributed by atoms with Gasteiger partial charge in [0.2, 0.25) is 0 Å². The van der Waals surface area contributed by atoms with Crippen molar-refractivity contribution in [2.75, 3.05) is 19.8 Å². The Morgan fingerprint density at radius 2 is 2.26 bits per heavy atom. The number of pyridine rings is 1. The number of likely N-dealkylation sites (N-methyl/N-ethyl adjacent to an activating group) is 1. The van der Waals surface area contributed by atoms with Crippen molar-refractivity contribution in [1.29, 1.82) is 0 Å². The molecule has 1 fully saturated rings. The molecule has 1 aliphatic heterocycles. The molecule has 1 N–H and O–H groups in total. The van der Waals surface area contributed by atoms with Crippen LogP contribution in [0.1, 0.15) is 17.4 Å². The Bertz CT molecular complexity index is 463.